The van der Waals surface area contributed by atoms with Crippen molar-refractivity contribution in [3.8, 4) is 0 Å². The van der Waals surface area contributed by atoms with Gasteiger partial charge in [0, 0.05) is 19.7 Å². The van der Waals surface area contributed by atoms with Crippen LogP contribution in [0.4, 0.5) is 0 Å². The van der Waals surface area contributed by atoms with Crippen molar-refractivity contribution >= 4 is 16.2 Å². The van der Waals surface area contributed by atoms with Gasteiger partial charge in [-0.15, -0.1) is 0 Å². The lowest BCUT2D eigenvalue weighted by molar-refractivity contribution is -0.142. The molecule has 0 amide bonds. The zero-order valence-electron chi connectivity index (χ0n) is 11.4. The van der Waals surface area contributed by atoms with Gasteiger partial charge >= 0.3 is 5.97 Å². The zero-order valence-corrected chi connectivity index (χ0v) is 12.2. The Morgan fingerprint density at radius 2 is 2.05 bits per heavy atom. The van der Waals surface area contributed by atoms with Gasteiger partial charge in [-0.1, -0.05) is 0 Å². The maximum atomic E-state index is 12.3. The summed E-state index contributed by atoms with van der Waals surface area (Å²) in [7, 11) is -3.77. The quantitative estimate of drug-likeness (QED) is 0.610. The van der Waals surface area contributed by atoms with Crippen LogP contribution in [0.25, 0.3) is 0 Å². The molecule has 1 aliphatic carbocycles. The van der Waals surface area contributed by atoms with Crippen LogP contribution < -0.4 is 4.72 Å². The second-order valence-electron chi connectivity index (χ2n) is 5.76. The average molecular weight is 306 g/mol. The van der Waals surface area contributed by atoms with Gasteiger partial charge in [-0.05, 0) is 43.9 Å². The monoisotopic (exact) mass is 306 g/mol. The van der Waals surface area contributed by atoms with E-state index >= 15 is 0 Å². The van der Waals surface area contributed by atoms with Crippen LogP contribution in [0, 0.1) is 5.41 Å². The van der Waals surface area contributed by atoms with Crippen LogP contribution in [0.1, 0.15) is 38.5 Å². The van der Waals surface area contributed by atoms with Gasteiger partial charge in [0.15, 0.2) is 0 Å². The first-order chi connectivity index (χ1) is 9.40. The summed E-state index contributed by atoms with van der Waals surface area (Å²) in [6.07, 6.45) is 4.16. The van der Waals surface area contributed by atoms with E-state index in [4.69, 9.17) is 10.2 Å². The number of hydrogen-bond acceptors (Lipinski definition) is 4. The molecule has 0 aromatic rings. The van der Waals surface area contributed by atoms with Crippen molar-refractivity contribution in [3.05, 3.63) is 0 Å². The second kappa shape index (κ2) is 5.97. The zero-order chi connectivity index (χ0) is 14.8. The Morgan fingerprint density at radius 3 is 2.60 bits per heavy atom. The molecule has 0 aromatic carbocycles. The maximum absolute atomic E-state index is 12.3. The summed E-state index contributed by atoms with van der Waals surface area (Å²) >= 11 is 0. The molecule has 2 aliphatic rings. The lowest BCUT2D eigenvalue weighted by atomic mass is 10.0. The molecule has 0 bridgehead atoms. The molecule has 0 aromatic heterocycles. The number of hydrogen-bond donors (Lipinski definition) is 3. The van der Waals surface area contributed by atoms with Crippen molar-refractivity contribution in [2.24, 2.45) is 5.41 Å². The fourth-order valence-corrected chi connectivity index (χ4v) is 4.25. The number of nitrogens with zero attached hydrogens (tertiary/aromatic N) is 1. The van der Waals surface area contributed by atoms with Gasteiger partial charge in [-0.3, -0.25) is 4.79 Å². The summed E-state index contributed by atoms with van der Waals surface area (Å²) in [5.41, 5.74) is -0.129. The molecule has 3 N–H and O–H groups in total. The average Bonchev–Trinajstić information content (AvgIpc) is 3.17. The molecule has 0 spiro atoms. The minimum absolute atomic E-state index is 0.0448. The number of nitrogens with one attached hydrogen (secondary N) is 1. The molecule has 1 saturated carbocycles. The van der Waals surface area contributed by atoms with Gasteiger partial charge in [0.2, 0.25) is 0 Å². The molecule has 0 radical (unpaired) electrons. The molecule has 1 aliphatic heterocycles. The number of aliphatic carboxylic acids is 1. The van der Waals surface area contributed by atoms with Crippen LogP contribution in [-0.2, 0) is 15.0 Å². The lowest BCUT2D eigenvalue weighted by Gasteiger charge is -2.32. The van der Waals surface area contributed by atoms with Gasteiger partial charge < -0.3 is 10.2 Å². The third kappa shape index (κ3) is 3.49. The van der Waals surface area contributed by atoms with Crippen LogP contribution in [0.15, 0.2) is 0 Å². The van der Waals surface area contributed by atoms with Crippen molar-refractivity contribution in [2.75, 3.05) is 19.7 Å². The summed E-state index contributed by atoms with van der Waals surface area (Å²) in [6, 6.07) is -0.964. The molecular formula is C12H22N2O5S. The van der Waals surface area contributed by atoms with Crippen LogP contribution in [0.2, 0.25) is 0 Å². The highest BCUT2D eigenvalue weighted by Crippen LogP contribution is 2.48. The summed E-state index contributed by atoms with van der Waals surface area (Å²) in [5.74, 6) is -1.09. The Morgan fingerprint density at radius 1 is 1.35 bits per heavy atom. The molecule has 7 nitrogen and oxygen atoms in total. The van der Waals surface area contributed by atoms with Crippen molar-refractivity contribution in [3.63, 3.8) is 0 Å². The molecule has 1 atom stereocenters. The third-order valence-electron chi connectivity index (χ3n) is 4.28. The highest BCUT2D eigenvalue weighted by Gasteiger charge is 2.44. The number of carbonyl (C=O) groups is 1. The number of aliphatic hydroxyl groups excluding tert-OH is 1. The first-order valence-electron chi connectivity index (χ1n) is 7.00. The predicted molar refractivity (Wildman–Crippen MR) is 72.3 cm³/mol. The van der Waals surface area contributed by atoms with Gasteiger partial charge in [0.1, 0.15) is 6.04 Å². The van der Waals surface area contributed by atoms with Gasteiger partial charge in [-0.2, -0.15) is 12.7 Å². The first kappa shape index (κ1) is 15.7. The van der Waals surface area contributed by atoms with Gasteiger partial charge in [-0.25, -0.2) is 4.72 Å². The lowest BCUT2D eigenvalue weighted by Crippen LogP contribution is -2.52. The van der Waals surface area contributed by atoms with E-state index in [0.717, 1.165) is 23.6 Å². The van der Waals surface area contributed by atoms with E-state index in [1.54, 1.807) is 0 Å². The van der Waals surface area contributed by atoms with Crippen molar-refractivity contribution < 1.29 is 23.4 Å². The first-order valence-corrected chi connectivity index (χ1v) is 8.44. The molecule has 20 heavy (non-hydrogen) atoms. The second-order valence-corrected chi connectivity index (χ2v) is 7.47. The predicted octanol–water partition coefficient (Wildman–Crippen LogP) is -0.0775. The molecule has 8 heteroatoms. The summed E-state index contributed by atoms with van der Waals surface area (Å²) in [4.78, 5) is 11.2. The number of carboxylic acids is 1. The number of aliphatic hydroxyl groups is 1. The van der Waals surface area contributed by atoms with Gasteiger partial charge in [0.05, 0.1) is 0 Å². The fourth-order valence-electron chi connectivity index (χ4n) is 2.70. The van der Waals surface area contributed by atoms with Crippen molar-refractivity contribution in [2.45, 2.75) is 44.6 Å². The number of carboxylic acid groups (broad SMARTS) is 1. The van der Waals surface area contributed by atoms with E-state index in [1.807, 2.05) is 0 Å². The number of rotatable bonds is 7. The van der Waals surface area contributed by atoms with Crippen molar-refractivity contribution in [1.82, 2.24) is 9.03 Å². The standard InChI is InChI=1S/C12H22N2O5S/c15-8-6-12(4-5-12)9-13-20(18,19)14-7-2-1-3-10(14)11(16)17/h10,13,15H,1-9H2,(H,16,17). The summed E-state index contributed by atoms with van der Waals surface area (Å²) < 4.78 is 28.1. The highest BCUT2D eigenvalue weighted by molar-refractivity contribution is 7.87. The molecular weight excluding hydrogens is 284 g/mol. The van der Waals surface area contributed by atoms with E-state index < -0.39 is 22.2 Å². The molecule has 1 unspecified atom stereocenters. The van der Waals surface area contributed by atoms with Crippen molar-refractivity contribution in [1.29, 1.82) is 0 Å². The Labute approximate surface area is 119 Å². The normalized spacial score (nSPS) is 26.4. The molecule has 2 fully saturated rings. The van der Waals surface area contributed by atoms with E-state index in [9.17, 15) is 13.2 Å². The molecule has 116 valence electrons. The van der Waals surface area contributed by atoms with E-state index in [-0.39, 0.29) is 25.1 Å². The van der Waals surface area contributed by atoms with Crippen LogP contribution in [0.5, 0.6) is 0 Å². The SMILES string of the molecule is O=C(O)C1CCCCN1S(=O)(=O)NCC1(CCO)CC1. The minimum Gasteiger partial charge on any atom is -0.480 e. The van der Waals surface area contributed by atoms with E-state index in [1.165, 1.54) is 0 Å². The maximum Gasteiger partial charge on any atom is 0.322 e. The van der Waals surface area contributed by atoms with E-state index in [0.29, 0.717) is 19.3 Å². The molecule has 1 saturated heterocycles. The molecule has 2 rings (SSSR count). The Balaban J connectivity index is 1.99. The third-order valence-corrected chi connectivity index (χ3v) is 5.84. The largest absolute Gasteiger partial charge is 0.480 e. The van der Waals surface area contributed by atoms with Gasteiger partial charge in [0.25, 0.3) is 10.2 Å². The highest BCUT2D eigenvalue weighted by atomic mass is 32.2. The Bertz CT molecular complexity index is 460. The summed E-state index contributed by atoms with van der Waals surface area (Å²) in [5, 5.41) is 18.1. The fraction of sp³-hybridized carbons (Fsp3) is 0.917. The molecule has 1 heterocycles. The summed E-state index contributed by atoms with van der Waals surface area (Å²) in [6.45, 7) is 0.571. The smallest absolute Gasteiger partial charge is 0.322 e. The Kier molecular flexibility index (Phi) is 4.68. The van der Waals surface area contributed by atoms with Crippen LogP contribution in [-0.4, -0.2) is 54.6 Å². The van der Waals surface area contributed by atoms with Crippen LogP contribution in [0.3, 0.4) is 0 Å². The van der Waals surface area contributed by atoms with E-state index in [2.05, 4.69) is 4.72 Å². The number of piperidine rings is 1. The Hall–Kier alpha value is -0.700. The topological polar surface area (TPSA) is 107 Å². The minimum atomic E-state index is -3.77. The van der Waals surface area contributed by atoms with Crippen LogP contribution >= 0.6 is 0 Å².